The lowest BCUT2D eigenvalue weighted by Gasteiger charge is -2.11. The van der Waals surface area contributed by atoms with Gasteiger partial charge in [0.15, 0.2) is 5.82 Å². The Bertz CT molecular complexity index is 735. The van der Waals surface area contributed by atoms with Crippen molar-refractivity contribution >= 4 is 40.5 Å². The molecule has 21 heavy (non-hydrogen) atoms. The Morgan fingerprint density at radius 2 is 1.90 bits per heavy atom. The third-order valence-corrected chi connectivity index (χ3v) is 3.62. The molecule has 0 heterocycles. The average Bonchev–Trinajstić information content (AvgIpc) is 2.43. The standard InChI is InChI=1S/C14H10Cl2F2N2O/c1-6-2-3-10(17)13(12(6)18)20-14(21)8-4-7(19)5-9(15)11(8)16/h2-5H,19H2,1H3,(H,20,21). The number of rotatable bonds is 2. The van der Waals surface area contributed by atoms with Gasteiger partial charge in [-0.05, 0) is 30.7 Å². The molecule has 0 spiro atoms. The number of aryl methyl sites for hydroxylation is 1. The molecule has 0 aliphatic carbocycles. The predicted molar refractivity (Wildman–Crippen MR) is 79.9 cm³/mol. The van der Waals surface area contributed by atoms with E-state index in [1.54, 1.807) is 0 Å². The minimum atomic E-state index is -0.891. The topological polar surface area (TPSA) is 55.1 Å². The lowest BCUT2D eigenvalue weighted by atomic mass is 10.1. The highest BCUT2D eigenvalue weighted by molar-refractivity contribution is 6.44. The molecule has 0 unspecified atom stereocenters. The summed E-state index contributed by atoms with van der Waals surface area (Å²) in [5.74, 6) is -2.55. The number of nitrogen functional groups attached to an aromatic ring is 1. The lowest BCUT2D eigenvalue weighted by molar-refractivity contribution is 0.102. The van der Waals surface area contributed by atoms with Crippen LogP contribution in [0, 0.1) is 18.6 Å². The minimum Gasteiger partial charge on any atom is -0.399 e. The third kappa shape index (κ3) is 3.09. The predicted octanol–water partition coefficient (Wildman–Crippen LogP) is 4.41. The Labute approximate surface area is 129 Å². The largest absolute Gasteiger partial charge is 0.399 e. The van der Waals surface area contributed by atoms with Crippen LogP contribution in [-0.2, 0) is 0 Å². The fourth-order valence-corrected chi connectivity index (χ4v) is 2.15. The van der Waals surface area contributed by atoms with Crippen molar-refractivity contribution in [2.24, 2.45) is 0 Å². The number of nitrogens with one attached hydrogen (secondary N) is 1. The number of nitrogens with two attached hydrogens (primary N) is 1. The molecule has 0 bridgehead atoms. The van der Waals surface area contributed by atoms with Crippen LogP contribution in [-0.4, -0.2) is 5.91 Å². The highest BCUT2D eigenvalue weighted by Gasteiger charge is 2.19. The van der Waals surface area contributed by atoms with Crippen LogP contribution < -0.4 is 11.1 Å². The zero-order valence-electron chi connectivity index (χ0n) is 10.8. The number of benzene rings is 2. The van der Waals surface area contributed by atoms with Gasteiger partial charge in [0, 0.05) is 5.69 Å². The Balaban J connectivity index is 2.42. The first-order chi connectivity index (χ1) is 9.81. The summed E-state index contributed by atoms with van der Waals surface area (Å²) in [5.41, 5.74) is 5.36. The third-order valence-electron chi connectivity index (χ3n) is 2.82. The van der Waals surface area contributed by atoms with Crippen LogP contribution in [0.2, 0.25) is 10.0 Å². The van der Waals surface area contributed by atoms with Crippen LogP contribution in [0.5, 0.6) is 0 Å². The van der Waals surface area contributed by atoms with Gasteiger partial charge >= 0.3 is 0 Å². The molecule has 0 fully saturated rings. The summed E-state index contributed by atoms with van der Waals surface area (Å²) in [5, 5.41) is 2.17. The molecule has 0 aromatic heterocycles. The number of halogens is 4. The van der Waals surface area contributed by atoms with Gasteiger partial charge in [-0.15, -0.1) is 0 Å². The van der Waals surface area contributed by atoms with Crippen molar-refractivity contribution in [2.45, 2.75) is 6.92 Å². The van der Waals surface area contributed by atoms with Gasteiger partial charge in [0.1, 0.15) is 11.5 Å². The van der Waals surface area contributed by atoms with Crippen molar-refractivity contribution in [3.63, 3.8) is 0 Å². The van der Waals surface area contributed by atoms with E-state index in [1.165, 1.54) is 25.1 Å². The van der Waals surface area contributed by atoms with E-state index in [9.17, 15) is 13.6 Å². The molecule has 1 amide bonds. The summed E-state index contributed by atoms with van der Waals surface area (Å²) in [7, 11) is 0. The Morgan fingerprint density at radius 1 is 1.24 bits per heavy atom. The highest BCUT2D eigenvalue weighted by atomic mass is 35.5. The smallest absolute Gasteiger partial charge is 0.257 e. The van der Waals surface area contributed by atoms with Crippen molar-refractivity contribution < 1.29 is 13.6 Å². The summed E-state index contributed by atoms with van der Waals surface area (Å²) in [6.45, 7) is 1.45. The zero-order chi connectivity index (χ0) is 15.7. The van der Waals surface area contributed by atoms with Crippen LogP contribution >= 0.6 is 23.2 Å². The second-order valence-corrected chi connectivity index (χ2v) is 5.16. The lowest BCUT2D eigenvalue weighted by Crippen LogP contribution is -2.15. The fraction of sp³-hybridized carbons (Fsp3) is 0.0714. The second-order valence-electron chi connectivity index (χ2n) is 4.37. The summed E-state index contributed by atoms with van der Waals surface area (Å²) >= 11 is 11.7. The van der Waals surface area contributed by atoms with Crippen LogP contribution in [0.25, 0.3) is 0 Å². The molecule has 2 aromatic rings. The first kappa shape index (κ1) is 15.5. The molecule has 0 atom stereocenters. The van der Waals surface area contributed by atoms with Crippen LogP contribution in [0.15, 0.2) is 24.3 Å². The molecule has 0 radical (unpaired) electrons. The van der Waals surface area contributed by atoms with Crippen LogP contribution in [0.1, 0.15) is 15.9 Å². The van der Waals surface area contributed by atoms with E-state index in [0.717, 1.165) is 6.07 Å². The van der Waals surface area contributed by atoms with E-state index in [1.807, 2.05) is 0 Å². The molecule has 0 saturated carbocycles. The van der Waals surface area contributed by atoms with Gasteiger partial charge in [-0.2, -0.15) is 0 Å². The van der Waals surface area contributed by atoms with E-state index in [2.05, 4.69) is 5.32 Å². The van der Waals surface area contributed by atoms with Crippen molar-refractivity contribution in [3.8, 4) is 0 Å². The number of hydrogen-bond acceptors (Lipinski definition) is 2. The Morgan fingerprint density at radius 3 is 2.57 bits per heavy atom. The molecule has 110 valence electrons. The van der Waals surface area contributed by atoms with Gasteiger partial charge in [-0.1, -0.05) is 29.3 Å². The Kier molecular flexibility index (Phi) is 4.34. The van der Waals surface area contributed by atoms with Gasteiger partial charge in [0.25, 0.3) is 5.91 Å². The van der Waals surface area contributed by atoms with Crippen molar-refractivity contribution in [1.29, 1.82) is 0 Å². The molecular weight excluding hydrogens is 321 g/mol. The van der Waals surface area contributed by atoms with Gasteiger partial charge in [0.2, 0.25) is 0 Å². The molecule has 2 rings (SSSR count). The summed E-state index contributed by atoms with van der Waals surface area (Å²) < 4.78 is 27.5. The molecule has 0 aliphatic heterocycles. The summed E-state index contributed by atoms with van der Waals surface area (Å²) in [6.07, 6.45) is 0. The van der Waals surface area contributed by atoms with E-state index >= 15 is 0 Å². The highest BCUT2D eigenvalue weighted by Crippen LogP contribution is 2.30. The van der Waals surface area contributed by atoms with Gasteiger partial charge in [-0.3, -0.25) is 4.79 Å². The molecule has 3 N–H and O–H groups in total. The van der Waals surface area contributed by atoms with Gasteiger partial charge in [0.05, 0.1) is 15.6 Å². The Hall–Kier alpha value is -1.85. The van der Waals surface area contributed by atoms with Gasteiger partial charge < -0.3 is 11.1 Å². The van der Waals surface area contributed by atoms with E-state index in [-0.39, 0.29) is 26.9 Å². The monoisotopic (exact) mass is 330 g/mol. The van der Waals surface area contributed by atoms with Crippen molar-refractivity contribution in [1.82, 2.24) is 0 Å². The van der Waals surface area contributed by atoms with E-state index in [0.29, 0.717) is 0 Å². The van der Waals surface area contributed by atoms with E-state index < -0.39 is 23.2 Å². The summed E-state index contributed by atoms with van der Waals surface area (Å²) in [6, 6.07) is 4.97. The number of amides is 1. The molecule has 3 nitrogen and oxygen atoms in total. The van der Waals surface area contributed by atoms with Crippen LogP contribution in [0.4, 0.5) is 20.2 Å². The number of anilines is 2. The SMILES string of the molecule is Cc1ccc(F)c(NC(=O)c2cc(N)cc(Cl)c2Cl)c1F. The normalized spacial score (nSPS) is 10.5. The number of carbonyl (C=O) groups excluding carboxylic acids is 1. The summed E-state index contributed by atoms with van der Waals surface area (Å²) in [4.78, 5) is 12.1. The maximum atomic E-state index is 13.9. The number of carbonyl (C=O) groups is 1. The van der Waals surface area contributed by atoms with Crippen molar-refractivity contribution in [3.05, 3.63) is 57.1 Å². The van der Waals surface area contributed by atoms with E-state index in [4.69, 9.17) is 28.9 Å². The first-order valence-corrected chi connectivity index (χ1v) is 6.57. The minimum absolute atomic E-state index is 0.0446. The first-order valence-electron chi connectivity index (χ1n) is 5.81. The maximum absolute atomic E-state index is 13.9. The van der Waals surface area contributed by atoms with Crippen molar-refractivity contribution in [2.75, 3.05) is 11.1 Å². The quantitative estimate of drug-likeness (QED) is 0.801. The molecule has 7 heteroatoms. The second kappa shape index (κ2) is 5.87. The zero-order valence-corrected chi connectivity index (χ0v) is 12.3. The average molecular weight is 331 g/mol. The molecule has 0 aliphatic rings. The molecular formula is C14H10Cl2F2N2O. The molecule has 2 aromatic carbocycles. The number of hydrogen-bond donors (Lipinski definition) is 2. The van der Waals surface area contributed by atoms with Crippen LogP contribution in [0.3, 0.4) is 0 Å². The fourth-order valence-electron chi connectivity index (χ4n) is 1.73. The molecule has 0 saturated heterocycles. The maximum Gasteiger partial charge on any atom is 0.257 e. The van der Waals surface area contributed by atoms with Gasteiger partial charge in [-0.25, -0.2) is 8.78 Å².